The molecule has 0 atom stereocenters. The molecule has 0 bridgehead atoms. The van der Waals surface area contributed by atoms with E-state index in [9.17, 15) is 13.2 Å². The molecule has 0 aliphatic carbocycles. The molecule has 0 radical (unpaired) electrons. The molecule has 1 saturated heterocycles. The van der Waals surface area contributed by atoms with Gasteiger partial charge in [-0.05, 0) is 56.2 Å². The molecule has 1 amide bonds. The van der Waals surface area contributed by atoms with Crippen molar-refractivity contribution in [2.75, 3.05) is 55.3 Å². The van der Waals surface area contributed by atoms with Crippen LogP contribution in [-0.2, 0) is 14.8 Å². The third kappa shape index (κ3) is 5.31. The van der Waals surface area contributed by atoms with E-state index in [1.54, 1.807) is 12.0 Å². The first-order valence-corrected chi connectivity index (χ1v) is 12.2. The van der Waals surface area contributed by atoms with Crippen LogP contribution in [0.15, 0.2) is 36.4 Å². The van der Waals surface area contributed by atoms with Crippen LogP contribution in [0.5, 0.6) is 5.75 Å². The summed E-state index contributed by atoms with van der Waals surface area (Å²) >= 11 is 0. The van der Waals surface area contributed by atoms with Gasteiger partial charge in [-0.3, -0.25) is 9.10 Å². The lowest BCUT2D eigenvalue weighted by atomic mass is 10.1. The maximum atomic E-state index is 13.0. The number of nitrogens with zero attached hydrogens (tertiary/aromatic N) is 3. The molecular formula is C23H31N3O4S. The van der Waals surface area contributed by atoms with Crippen molar-refractivity contribution in [2.24, 2.45) is 0 Å². The highest BCUT2D eigenvalue weighted by molar-refractivity contribution is 7.92. The number of hydrogen-bond acceptors (Lipinski definition) is 5. The number of carbonyl (C=O) groups excluding carboxylic acids is 1. The highest BCUT2D eigenvalue weighted by Crippen LogP contribution is 2.28. The van der Waals surface area contributed by atoms with Gasteiger partial charge >= 0.3 is 0 Å². The predicted molar refractivity (Wildman–Crippen MR) is 125 cm³/mol. The predicted octanol–water partition coefficient (Wildman–Crippen LogP) is 2.74. The number of methoxy groups -OCH3 is 1. The Morgan fingerprint density at radius 3 is 2.03 bits per heavy atom. The van der Waals surface area contributed by atoms with Crippen molar-refractivity contribution in [3.05, 3.63) is 53.1 Å². The molecule has 0 spiro atoms. The Kier molecular flexibility index (Phi) is 6.79. The van der Waals surface area contributed by atoms with Crippen LogP contribution >= 0.6 is 0 Å². The Morgan fingerprint density at radius 2 is 1.55 bits per heavy atom. The SMILES string of the molecule is COc1ccc(N2CCN(C(=O)CN(c3c(C)cc(C)cc3C)S(C)(=O)=O)CC2)cc1. The Hall–Kier alpha value is -2.74. The largest absolute Gasteiger partial charge is 0.497 e. The highest BCUT2D eigenvalue weighted by atomic mass is 32.2. The average molecular weight is 446 g/mol. The van der Waals surface area contributed by atoms with E-state index in [4.69, 9.17) is 4.74 Å². The van der Waals surface area contributed by atoms with E-state index in [2.05, 4.69) is 4.90 Å². The minimum atomic E-state index is -3.61. The fourth-order valence-electron chi connectivity index (χ4n) is 4.16. The average Bonchev–Trinajstić information content (AvgIpc) is 2.71. The second-order valence-corrected chi connectivity index (χ2v) is 9.99. The molecule has 0 aromatic heterocycles. The zero-order chi connectivity index (χ0) is 22.8. The Bertz CT molecular complexity index is 1020. The van der Waals surface area contributed by atoms with Crippen molar-refractivity contribution in [1.29, 1.82) is 0 Å². The standard InChI is InChI=1S/C23H31N3O4S/c1-17-14-18(2)23(19(3)15-17)26(31(5,28)29)16-22(27)25-12-10-24(11-13-25)20-6-8-21(30-4)9-7-20/h6-9,14-15H,10-13,16H2,1-5H3. The van der Waals surface area contributed by atoms with Crippen LogP contribution < -0.4 is 13.9 Å². The third-order valence-corrected chi connectivity index (χ3v) is 6.75. The number of piperazine rings is 1. The number of aryl methyl sites for hydroxylation is 3. The molecule has 2 aromatic carbocycles. The molecule has 1 heterocycles. The van der Waals surface area contributed by atoms with Gasteiger partial charge in [0, 0.05) is 31.9 Å². The van der Waals surface area contributed by atoms with Crippen LogP contribution in [0.25, 0.3) is 0 Å². The van der Waals surface area contributed by atoms with Crippen molar-refractivity contribution in [3.63, 3.8) is 0 Å². The van der Waals surface area contributed by atoms with E-state index in [0.29, 0.717) is 31.9 Å². The van der Waals surface area contributed by atoms with Crippen LogP contribution in [0.1, 0.15) is 16.7 Å². The molecule has 7 nitrogen and oxygen atoms in total. The number of anilines is 2. The molecule has 1 fully saturated rings. The van der Waals surface area contributed by atoms with Crippen molar-refractivity contribution in [2.45, 2.75) is 20.8 Å². The number of carbonyl (C=O) groups is 1. The number of ether oxygens (including phenoxy) is 1. The summed E-state index contributed by atoms with van der Waals surface area (Å²) in [6.45, 7) is 8.03. The van der Waals surface area contributed by atoms with Gasteiger partial charge in [-0.25, -0.2) is 8.42 Å². The van der Waals surface area contributed by atoms with Gasteiger partial charge in [0.1, 0.15) is 12.3 Å². The van der Waals surface area contributed by atoms with Crippen molar-refractivity contribution in [1.82, 2.24) is 4.90 Å². The molecule has 1 aliphatic heterocycles. The summed E-state index contributed by atoms with van der Waals surface area (Å²) in [6.07, 6.45) is 1.15. The van der Waals surface area contributed by atoms with E-state index >= 15 is 0 Å². The van der Waals surface area contributed by atoms with Crippen molar-refractivity contribution >= 4 is 27.3 Å². The van der Waals surface area contributed by atoms with Crippen LogP contribution in [0.2, 0.25) is 0 Å². The zero-order valence-corrected chi connectivity index (χ0v) is 19.7. The van der Waals surface area contributed by atoms with E-state index in [1.807, 2.05) is 57.2 Å². The minimum absolute atomic E-state index is 0.181. The van der Waals surface area contributed by atoms with Gasteiger partial charge in [0.15, 0.2) is 0 Å². The lowest BCUT2D eigenvalue weighted by molar-refractivity contribution is -0.129. The van der Waals surface area contributed by atoms with Crippen molar-refractivity contribution < 1.29 is 17.9 Å². The van der Waals surface area contributed by atoms with Gasteiger partial charge in [-0.2, -0.15) is 0 Å². The lowest BCUT2D eigenvalue weighted by Gasteiger charge is -2.37. The smallest absolute Gasteiger partial charge is 0.243 e. The molecule has 2 aromatic rings. The van der Waals surface area contributed by atoms with Crippen LogP contribution in [0, 0.1) is 20.8 Å². The molecule has 0 saturated carbocycles. The van der Waals surface area contributed by atoms with E-state index in [1.165, 1.54) is 4.31 Å². The number of benzene rings is 2. The van der Waals surface area contributed by atoms with Crippen LogP contribution in [0.3, 0.4) is 0 Å². The first-order valence-electron chi connectivity index (χ1n) is 10.3. The van der Waals surface area contributed by atoms with Gasteiger partial charge < -0.3 is 14.5 Å². The number of rotatable bonds is 6. The highest BCUT2D eigenvalue weighted by Gasteiger charge is 2.28. The maximum absolute atomic E-state index is 13.0. The molecule has 31 heavy (non-hydrogen) atoms. The quantitative estimate of drug-likeness (QED) is 0.684. The fraction of sp³-hybridized carbons (Fsp3) is 0.435. The minimum Gasteiger partial charge on any atom is -0.497 e. The molecule has 0 N–H and O–H groups in total. The first-order chi connectivity index (χ1) is 14.6. The first kappa shape index (κ1) is 22.9. The molecule has 3 rings (SSSR count). The third-order valence-electron chi connectivity index (χ3n) is 5.63. The Morgan fingerprint density at radius 1 is 1.00 bits per heavy atom. The topological polar surface area (TPSA) is 70.2 Å². The van der Waals surface area contributed by atoms with Crippen molar-refractivity contribution in [3.8, 4) is 5.75 Å². The number of sulfonamides is 1. The maximum Gasteiger partial charge on any atom is 0.243 e. The van der Waals surface area contributed by atoms with Crippen LogP contribution in [-0.4, -0.2) is 65.3 Å². The van der Waals surface area contributed by atoms with Gasteiger partial charge in [0.25, 0.3) is 0 Å². The molecule has 168 valence electrons. The summed E-state index contributed by atoms with van der Waals surface area (Å²) in [4.78, 5) is 17.0. The summed E-state index contributed by atoms with van der Waals surface area (Å²) in [5.41, 5.74) is 4.43. The monoisotopic (exact) mass is 445 g/mol. The second kappa shape index (κ2) is 9.18. The van der Waals surface area contributed by atoms with E-state index in [0.717, 1.165) is 34.4 Å². The van der Waals surface area contributed by atoms with Gasteiger partial charge in [0.2, 0.25) is 15.9 Å². The summed E-state index contributed by atoms with van der Waals surface area (Å²) in [5, 5.41) is 0. The molecule has 1 aliphatic rings. The summed E-state index contributed by atoms with van der Waals surface area (Å²) in [6, 6.07) is 11.7. The second-order valence-electron chi connectivity index (χ2n) is 8.08. The lowest BCUT2D eigenvalue weighted by Crippen LogP contribution is -2.52. The van der Waals surface area contributed by atoms with Crippen LogP contribution in [0.4, 0.5) is 11.4 Å². The summed E-state index contributed by atoms with van der Waals surface area (Å²) in [7, 11) is -1.97. The summed E-state index contributed by atoms with van der Waals surface area (Å²) in [5.74, 6) is 0.624. The number of amides is 1. The fourth-order valence-corrected chi connectivity index (χ4v) is 5.12. The molecule has 0 unspecified atom stereocenters. The Labute approximate surface area is 185 Å². The van der Waals surface area contributed by atoms with E-state index < -0.39 is 10.0 Å². The summed E-state index contributed by atoms with van der Waals surface area (Å²) < 4.78 is 31.6. The zero-order valence-electron chi connectivity index (χ0n) is 18.9. The molecule has 8 heteroatoms. The normalized spacial score (nSPS) is 14.5. The number of hydrogen-bond donors (Lipinski definition) is 0. The molecular weight excluding hydrogens is 414 g/mol. The Balaban J connectivity index is 1.71. The van der Waals surface area contributed by atoms with Gasteiger partial charge in [0.05, 0.1) is 19.1 Å². The van der Waals surface area contributed by atoms with E-state index in [-0.39, 0.29) is 12.5 Å². The van der Waals surface area contributed by atoms with Gasteiger partial charge in [-0.1, -0.05) is 17.7 Å². The van der Waals surface area contributed by atoms with Gasteiger partial charge in [-0.15, -0.1) is 0 Å².